The van der Waals surface area contributed by atoms with Crippen LogP contribution in [0.1, 0.15) is 31.1 Å². The minimum atomic E-state index is -0.408. The highest BCUT2D eigenvalue weighted by molar-refractivity contribution is 5.95. The van der Waals surface area contributed by atoms with Crippen LogP contribution in [0.15, 0.2) is 18.3 Å². The van der Waals surface area contributed by atoms with Gasteiger partial charge in [0.2, 0.25) is 0 Å². The van der Waals surface area contributed by atoms with E-state index in [0.29, 0.717) is 12.1 Å². The molecule has 2 heterocycles. The monoisotopic (exact) mass is 319 g/mol. The van der Waals surface area contributed by atoms with E-state index >= 15 is 0 Å². The Hall–Kier alpha value is -1.66. The lowest BCUT2D eigenvalue weighted by molar-refractivity contribution is 0.0883. The van der Waals surface area contributed by atoms with Gasteiger partial charge in [-0.25, -0.2) is 4.98 Å². The van der Waals surface area contributed by atoms with Gasteiger partial charge >= 0.3 is 0 Å². The molecule has 0 aromatic carbocycles. The second kappa shape index (κ2) is 7.27. The van der Waals surface area contributed by atoms with Gasteiger partial charge in [0.25, 0.3) is 5.91 Å². The molecule has 1 saturated heterocycles. The molecule has 1 aromatic rings. The highest BCUT2D eigenvalue weighted by Crippen LogP contribution is 2.18. The van der Waals surface area contributed by atoms with Crippen molar-refractivity contribution in [1.29, 1.82) is 0 Å². The van der Waals surface area contributed by atoms with E-state index in [4.69, 9.17) is 5.73 Å². The molecule has 23 heavy (non-hydrogen) atoms. The minimum absolute atomic E-state index is 0.0931. The van der Waals surface area contributed by atoms with Crippen molar-refractivity contribution in [2.75, 3.05) is 44.7 Å². The number of likely N-dealkylation sites (N-methyl/N-ethyl adjacent to an activating group) is 1. The molecule has 0 bridgehead atoms. The number of hydrogen-bond acceptors (Lipinski definition) is 5. The molecule has 3 N–H and O–H groups in total. The lowest BCUT2D eigenvalue weighted by atomic mass is 9.88. The number of anilines is 1. The van der Waals surface area contributed by atoms with E-state index in [-0.39, 0.29) is 11.8 Å². The Bertz CT molecular complexity index is 540. The Kier molecular flexibility index (Phi) is 5.59. The fraction of sp³-hybridized carbons (Fsp3) is 0.647. The van der Waals surface area contributed by atoms with Gasteiger partial charge in [-0.2, -0.15) is 0 Å². The molecule has 1 aliphatic rings. The van der Waals surface area contributed by atoms with E-state index in [1.54, 1.807) is 12.3 Å². The number of nitrogens with zero attached hydrogens (tertiary/aromatic N) is 3. The van der Waals surface area contributed by atoms with E-state index in [0.717, 1.165) is 32.0 Å². The van der Waals surface area contributed by atoms with Crippen LogP contribution in [0.5, 0.6) is 0 Å². The summed E-state index contributed by atoms with van der Waals surface area (Å²) in [7, 11) is 2.12. The van der Waals surface area contributed by atoms with Crippen molar-refractivity contribution in [1.82, 2.24) is 15.2 Å². The number of aromatic nitrogens is 1. The number of rotatable bonds is 5. The van der Waals surface area contributed by atoms with E-state index in [1.807, 2.05) is 13.0 Å². The molecule has 0 spiro atoms. The van der Waals surface area contributed by atoms with Crippen LogP contribution in [0.4, 0.5) is 5.82 Å². The average molecular weight is 319 g/mol. The Balaban J connectivity index is 2.11. The number of nitrogens with two attached hydrogens (primary N) is 1. The highest BCUT2D eigenvalue weighted by atomic mass is 16.1. The number of piperazine rings is 1. The van der Waals surface area contributed by atoms with Crippen molar-refractivity contribution in [3.8, 4) is 0 Å². The summed E-state index contributed by atoms with van der Waals surface area (Å²) in [5.41, 5.74) is 6.08. The van der Waals surface area contributed by atoms with Crippen molar-refractivity contribution in [3.05, 3.63) is 23.9 Å². The summed E-state index contributed by atoms with van der Waals surface area (Å²) in [5.74, 6) is 1.03. The van der Waals surface area contributed by atoms with Crippen molar-refractivity contribution in [2.45, 2.75) is 26.3 Å². The molecule has 0 aliphatic carbocycles. The fourth-order valence-corrected chi connectivity index (χ4v) is 2.53. The molecule has 1 aromatic heterocycles. The first-order chi connectivity index (χ1) is 10.9. The lowest BCUT2D eigenvalue weighted by Crippen LogP contribution is -2.55. The van der Waals surface area contributed by atoms with Gasteiger partial charge in [-0.15, -0.1) is 0 Å². The van der Waals surface area contributed by atoms with Gasteiger partial charge in [-0.3, -0.25) is 4.79 Å². The van der Waals surface area contributed by atoms with Crippen LogP contribution in [0.3, 0.4) is 0 Å². The summed E-state index contributed by atoms with van der Waals surface area (Å²) in [4.78, 5) is 21.5. The van der Waals surface area contributed by atoms with Crippen LogP contribution >= 0.6 is 0 Å². The van der Waals surface area contributed by atoms with Crippen LogP contribution in [0, 0.1) is 5.92 Å². The maximum Gasteiger partial charge on any atom is 0.251 e. The van der Waals surface area contributed by atoms with E-state index < -0.39 is 5.54 Å². The maximum atomic E-state index is 12.6. The molecular weight excluding hydrogens is 290 g/mol. The summed E-state index contributed by atoms with van der Waals surface area (Å²) >= 11 is 0. The van der Waals surface area contributed by atoms with Crippen LogP contribution in [0.2, 0.25) is 0 Å². The third-order valence-corrected chi connectivity index (χ3v) is 4.93. The predicted octanol–water partition coefficient (Wildman–Crippen LogP) is 0.937. The van der Waals surface area contributed by atoms with Gasteiger partial charge in [0, 0.05) is 44.5 Å². The highest BCUT2D eigenvalue weighted by Gasteiger charge is 2.29. The average Bonchev–Trinajstić information content (AvgIpc) is 2.55. The third-order valence-electron chi connectivity index (χ3n) is 4.93. The zero-order valence-electron chi connectivity index (χ0n) is 14.7. The number of hydrogen-bond donors (Lipinski definition) is 2. The third kappa shape index (κ3) is 4.20. The van der Waals surface area contributed by atoms with Crippen molar-refractivity contribution < 1.29 is 4.79 Å². The first-order valence-corrected chi connectivity index (χ1v) is 8.28. The molecule has 1 aliphatic heterocycles. The molecule has 1 fully saturated rings. The summed E-state index contributed by atoms with van der Waals surface area (Å²) < 4.78 is 0. The smallest absolute Gasteiger partial charge is 0.251 e. The van der Waals surface area contributed by atoms with Crippen molar-refractivity contribution in [2.24, 2.45) is 11.7 Å². The molecule has 1 atom stereocenters. The van der Waals surface area contributed by atoms with Crippen molar-refractivity contribution in [3.63, 3.8) is 0 Å². The standard InChI is InChI=1S/C17H29N5O/c1-13(2)17(3,12-18)20-16(23)14-5-6-19-15(11-14)22-9-7-21(4)8-10-22/h5-6,11,13H,7-10,12,18H2,1-4H3,(H,20,23). The predicted molar refractivity (Wildman–Crippen MR) is 93.7 cm³/mol. The molecule has 1 amide bonds. The second-order valence-electron chi connectivity index (χ2n) is 6.92. The Morgan fingerprint density at radius 1 is 1.39 bits per heavy atom. The van der Waals surface area contributed by atoms with Gasteiger partial charge in [0.1, 0.15) is 5.82 Å². The number of nitrogens with one attached hydrogen (secondary N) is 1. The molecular formula is C17H29N5O. The molecule has 0 radical (unpaired) electrons. The van der Waals surface area contributed by atoms with Crippen LogP contribution < -0.4 is 16.0 Å². The Labute approximate surface area is 139 Å². The van der Waals surface area contributed by atoms with Gasteiger partial charge < -0.3 is 20.9 Å². The fourth-order valence-electron chi connectivity index (χ4n) is 2.53. The topological polar surface area (TPSA) is 74.5 Å². The van der Waals surface area contributed by atoms with Crippen LogP contribution in [-0.4, -0.2) is 61.1 Å². The molecule has 1 unspecified atom stereocenters. The SMILES string of the molecule is CC(C)C(C)(CN)NC(=O)c1ccnc(N2CCN(C)CC2)c1. The van der Waals surface area contributed by atoms with Crippen molar-refractivity contribution >= 4 is 11.7 Å². The molecule has 6 nitrogen and oxygen atoms in total. The Morgan fingerprint density at radius 3 is 2.61 bits per heavy atom. The van der Waals surface area contributed by atoms with Crippen LogP contribution in [-0.2, 0) is 0 Å². The summed E-state index contributed by atoms with van der Waals surface area (Å²) in [5, 5.41) is 3.08. The molecule has 128 valence electrons. The van der Waals surface area contributed by atoms with Gasteiger partial charge in [0.05, 0.1) is 5.54 Å². The largest absolute Gasteiger partial charge is 0.354 e. The molecule has 6 heteroatoms. The van der Waals surface area contributed by atoms with Gasteiger partial charge in [-0.05, 0) is 32.0 Å². The lowest BCUT2D eigenvalue weighted by Gasteiger charge is -2.34. The summed E-state index contributed by atoms with van der Waals surface area (Å²) in [6.45, 7) is 10.4. The summed E-state index contributed by atoms with van der Waals surface area (Å²) in [6.07, 6.45) is 1.71. The first-order valence-electron chi connectivity index (χ1n) is 8.28. The normalized spacial score (nSPS) is 18.8. The first kappa shape index (κ1) is 17.7. The zero-order chi connectivity index (χ0) is 17.0. The summed E-state index contributed by atoms with van der Waals surface area (Å²) in [6, 6.07) is 3.63. The minimum Gasteiger partial charge on any atom is -0.354 e. The van der Waals surface area contributed by atoms with Crippen LogP contribution in [0.25, 0.3) is 0 Å². The number of carbonyl (C=O) groups is 1. The number of carbonyl (C=O) groups excluding carboxylic acids is 1. The second-order valence-corrected chi connectivity index (χ2v) is 6.92. The zero-order valence-corrected chi connectivity index (χ0v) is 14.7. The quantitative estimate of drug-likeness (QED) is 0.845. The van der Waals surface area contributed by atoms with E-state index in [1.165, 1.54) is 0 Å². The Morgan fingerprint density at radius 2 is 2.04 bits per heavy atom. The van der Waals surface area contributed by atoms with E-state index in [2.05, 4.69) is 41.0 Å². The van der Waals surface area contributed by atoms with Gasteiger partial charge in [-0.1, -0.05) is 13.8 Å². The maximum absolute atomic E-state index is 12.6. The van der Waals surface area contributed by atoms with Gasteiger partial charge in [0.15, 0.2) is 0 Å². The van der Waals surface area contributed by atoms with E-state index in [9.17, 15) is 4.79 Å². The molecule has 0 saturated carbocycles. The molecule has 2 rings (SSSR count). The number of amides is 1. The number of pyridine rings is 1.